The zero-order valence-electron chi connectivity index (χ0n) is 9.92. The molecule has 1 heterocycles. The average Bonchev–Trinajstić information content (AvgIpc) is 2.42. The molecule has 0 fully saturated rings. The summed E-state index contributed by atoms with van der Waals surface area (Å²) in [5, 5.41) is 8.68. The van der Waals surface area contributed by atoms with Gasteiger partial charge in [0.25, 0.3) is 15.6 Å². The molecule has 0 aliphatic carbocycles. The van der Waals surface area contributed by atoms with Crippen molar-refractivity contribution in [3.05, 3.63) is 57.5 Å². The van der Waals surface area contributed by atoms with E-state index in [0.29, 0.717) is 0 Å². The zero-order chi connectivity index (χ0) is 14.8. The molecule has 0 unspecified atom stereocenters. The second-order valence-electron chi connectivity index (χ2n) is 3.78. The van der Waals surface area contributed by atoms with E-state index in [1.54, 1.807) is 12.1 Å². The molecule has 0 saturated carbocycles. The summed E-state index contributed by atoms with van der Waals surface area (Å²) in [6, 6.07) is 9.08. The van der Waals surface area contributed by atoms with E-state index in [2.05, 4.69) is 9.71 Å². The fourth-order valence-electron chi connectivity index (χ4n) is 1.47. The van der Waals surface area contributed by atoms with Gasteiger partial charge in [-0.25, -0.2) is 8.42 Å². The van der Waals surface area contributed by atoms with Crippen molar-refractivity contribution < 1.29 is 8.42 Å². The number of nitrogens with zero attached hydrogens (tertiary/aromatic N) is 1. The van der Waals surface area contributed by atoms with Crippen molar-refractivity contribution in [2.75, 3.05) is 4.72 Å². The molecule has 0 radical (unpaired) electrons. The van der Waals surface area contributed by atoms with E-state index in [-0.39, 0.29) is 21.2 Å². The number of halogens is 1. The first kappa shape index (κ1) is 14.1. The Bertz CT molecular complexity index is 853. The molecule has 2 rings (SSSR count). The Hall–Kier alpha value is -2.30. The van der Waals surface area contributed by atoms with Crippen LogP contribution in [-0.2, 0) is 10.0 Å². The Labute approximate surface area is 119 Å². The molecule has 2 N–H and O–H groups in total. The Balaban J connectivity index is 2.44. The molecule has 6 nitrogen and oxygen atoms in total. The van der Waals surface area contributed by atoms with Gasteiger partial charge in [-0.15, -0.1) is 0 Å². The van der Waals surface area contributed by atoms with Crippen molar-refractivity contribution in [3.8, 4) is 6.07 Å². The molecule has 20 heavy (non-hydrogen) atoms. The summed E-state index contributed by atoms with van der Waals surface area (Å²) in [7, 11) is -3.94. The summed E-state index contributed by atoms with van der Waals surface area (Å²) in [6.45, 7) is 0. The van der Waals surface area contributed by atoms with Crippen molar-refractivity contribution in [3.63, 3.8) is 0 Å². The van der Waals surface area contributed by atoms with Gasteiger partial charge in [0.05, 0.1) is 11.3 Å². The quantitative estimate of drug-likeness (QED) is 0.900. The van der Waals surface area contributed by atoms with E-state index >= 15 is 0 Å². The number of sulfonamides is 1. The highest BCUT2D eigenvalue weighted by molar-refractivity contribution is 7.92. The number of benzene rings is 1. The lowest BCUT2D eigenvalue weighted by Gasteiger charge is -2.09. The number of aromatic nitrogens is 1. The number of aromatic amines is 1. The molecule has 0 saturated heterocycles. The Morgan fingerprint density at radius 2 is 2.00 bits per heavy atom. The van der Waals surface area contributed by atoms with Crippen LogP contribution in [0.1, 0.15) is 5.56 Å². The van der Waals surface area contributed by atoms with Gasteiger partial charge in [0.15, 0.2) is 0 Å². The minimum atomic E-state index is -3.94. The van der Waals surface area contributed by atoms with E-state index < -0.39 is 15.6 Å². The number of hydrogen-bond acceptors (Lipinski definition) is 4. The van der Waals surface area contributed by atoms with E-state index in [1.807, 2.05) is 6.07 Å². The predicted octanol–water partition coefficient (Wildman–Crippen LogP) is 1.70. The van der Waals surface area contributed by atoms with Crippen LogP contribution in [0.5, 0.6) is 0 Å². The van der Waals surface area contributed by atoms with Crippen LogP contribution in [0.2, 0.25) is 5.02 Å². The number of hydrogen-bond donors (Lipinski definition) is 2. The van der Waals surface area contributed by atoms with Crippen molar-refractivity contribution >= 4 is 27.3 Å². The highest BCUT2D eigenvalue weighted by Gasteiger charge is 2.17. The highest BCUT2D eigenvalue weighted by atomic mass is 35.5. The lowest BCUT2D eigenvalue weighted by molar-refractivity contribution is 0.600. The van der Waals surface area contributed by atoms with Crippen LogP contribution in [-0.4, -0.2) is 13.4 Å². The number of para-hydroxylation sites is 1. The first-order valence-electron chi connectivity index (χ1n) is 5.34. The molecule has 0 aliphatic heterocycles. The first-order chi connectivity index (χ1) is 9.44. The second kappa shape index (κ2) is 5.36. The van der Waals surface area contributed by atoms with E-state index in [4.69, 9.17) is 16.9 Å². The number of H-pyrrole nitrogens is 1. The van der Waals surface area contributed by atoms with Gasteiger partial charge in [0.2, 0.25) is 0 Å². The van der Waals surface area contributed by atoms with Gasteiger partial charge in [-0.3, -0.25) is 9.52 Å². The predicted molar refractivity (Wildman–Crippen MR) is 74.0 cm³/mol. The molecule has 0 spiro atoms. The lowest BCUT2D eigenvalue weighted by Crippen LogP contribution is -2.16. The van der Waals surface area contributed by atoms with Gasteiger partial charge in [-0.05, 0) is 18.2 Å². The maximum atomic E-state index is 12.1. The minimum absolute atomic E-state index is 0.150. The third-order valence-corrected chi connectivity index (χ3v) is 4.06. The Kier molecular flexibility index (Phi) is 3.79. The maximum absolute atomic E-state index is 12.1. The van der Waals surface area contributed by atoms with Gasteiger partial charge in [0.1, 0.15) is 16.0 Å². The molecule has 2 aromatic rings. The second-order valence-corrected chi connectivity index (χ2v) is 5.86. The van der Waals surface area contributed by atoms with Gasteiger partial charge >= 0.3 is 0 Å². The largest absolute Gasteiger partial charge is 0.326 e. The summed E-state index contributed by atoms with van der Waals surface area (Å²) in [4.78, 5) is 13.1. The van der Waals surface area contributed by atoms with Gasteiger partial charge in [-0.1, -0.05) is 23.7 Å². The van der Waals surface area contributed by atoms with Crippen LogP contribution in [0.25, 0.3) is 0 Å². The number of nitrogens with one attached hydrogen (secondary N) is 2. The lowest BCUT2D eigenvalue weighted by atomic mass is 10.2. The minimum Gasteiger partial charge on any atom is -0.326 e. The molecule has 0 bridgehead atoms. The standard InChI is InChI=1S/C12H8ClN3O3S/c13-10-5-9(7-15-12(10)17)20(18,19)16-11-4-2-1-3-8(11)6-14/h1-5,7,16H,(H,15,17). The first-order valence-corrected chi connectivity index (χ1v) is 7.20. The van der Waals surface area contributed by atoms with Crippen LogP contribution in [0, 0.1) is 11.3 Å². The maximum Gasteiger partial charge on any atom is 0.266 e. The molecular weight excluding hydrogens is 302 g/mol. The highest BCUT2D eigenvalue weighted by Crippen LogP contribution is 2.19. The fourth-order valence-corrected chi connectivity index (χ4v) is 2.78. The molecule has 1 aromatic heterocycles. The fraction of sp³-hybridized carbons (Fsp3) is 0. The van der Waals surface area contributed by atoms with Crippen LogP contribution in [0.15, 0.2) is 46.2 Å². The number of nitriles is 1. The molecule has 0 atom stereocenters. The Morgan fingerprint density at radius 1 is 1.30 bits per heavy atom. The smallest absolute Gasteiger partial charge is 0.266 e. The van der Waals surface area contributed by atoms with Crippen LogP contribution >= 0.6 is 11.6 Å². The summed E-state index contributed by atoms with van der Waals surface area (Å²) in [5.41, 5.74) is -0.244. The van der Waals surface area contributed by atoms with E-state index in [9.17, 15) is 13.2 Å². The van der Waals surface area contributed by atoms with E-state index in [0.717, 1.165) is 12.3 Å². The summed E-state index contributed by atoms with van der Waals surface area (Å²) in [6.07, 6.45) is 1.03. The third-order valence-electron chi connectivity index (χ3n) is 2.43. The topological polar surface area (TPSA) is 103 Å². The van der Waals surface area contributed by atoms with Crippen molar-refractivity contribution in [1.29, 1.82) is 5.26 Å². The molecule has 0 aliphatic rings. The zero-order valence-corrected chi connectivity index (χ0v) is 11.5. The molecule has 102 valence electrons. The molecular formula is C12H8ClN3O3S. The molecule has 1 aromatic carbocycles. The van der Waals surface area contributed by atoms with Crippen molar-refractivity contribution in [2.24, 2.45) is 0 Å². The van der Waals surface area contributed by atoms with Crippen molar-refractivity contribution in [1.82, 2.24) is 4.98 Å². The molecule has 8 heteroatoms. The SMILES string of the molecule is N#Cc1ccccc1NS(=O)(=O)c1c[nH]c(=O)c(Cl)c1. The third kappa shape index (κ3) is 2.82. The summed E-state index contributed by atoms with van der Waals surface area (Å²) >= 11 is 5.59. The number of anilines is 1. The van der Waals surface area contributed by atoms with Gasteiger partial charge in [0, 0.05) is 6.20 Å². The Morgan fingerprint density at radius 3 is 2.65 bits per heavy atom. The van der Waals surface area contributed by atoms with Crippen LogP contribution in [0.3, 0.4) is 0 Å². The van der Waals surface area contributed by atoms with Crippen LogP contribution in [0.4, 0.5) is 5.69 Å². The van der Waals surface area contributed by atoms with E-state index in [1.165, 1.54) is 12.1 Å². The molecule has 0 amide bonds. The number of pyridine rings is 1. The summed E-state index contributed by atoms with van der Waals surface area (Å²) in [5.74, 6) is 0. The van der Waals surface area contributed by atoms with Gasteiger partial charge in [-0.2, -0.15) is 5.26 Å². The van der Waals surface area contributed by atoms with Crippen LogP contribution < -0.4 is 10.3 Å². The average molecular weight is 310 g/mol. The summed E-state index contributed by atoms with van der Waals surface area (Å²) < 4.78 is 26.5. The van der Waals surface area contributed by atoms with Gasteiger partial charge < -0.3 is 4.98 Å². The monoisotopic (exact) mass is 309 g/mol. The normalized spacial score (nSPS) is 10.8. The van der Waals surface area contributed by atoms with Crippen molar-refractivity contribution in [2.45, 2.75) is 4.90 Å². The number of rotatable bonds is 3.